The number of ether oxygens (including phenoxy) is 3. The first-order valence-electron chi connectivity index (χ1n) is 10.9. The molecular weight excluding hydrogens is 428 g/mol. The van der Waals surface area contributed by atoms with E-state index >= 15 is 0 Å². The van der Waals surface area contributed by atoms with E-state index in [1.165, 1.54) is 14.0 Å². The van der Waals surface area contributed by atoms with Crippen LogP contribution in [-0.4, -0.2) is 52.0 Å². The number of carbonyl (C=O) groups excluding carboxylic acids is 3. The largest absolute Gasteiger partial charge is 0.468 e. The maximum Gasteiger partial charge on any atom is 0.316 e. The van der Waals surface area contributed by atoms with E-state index < -0.39 is 44.3 Å². The highest BCUT2D eigenvalue weighted by molar-refractivity contribution is 6.74. The molecule has 8 heteroatoms. The molecule has 4 atom stereocenters. The number of carbonyl (C=O) groups is 3. The number of methoxy groups -OCH3 is 1. The number of rotatable bonds is 9. The predicted octanol–water partition coefficient (Wildman–Crippen LogP) is 3.90. The van der Waals surface area contributed by atoms with Gasteiger partial charge in [-0.15, -0.1) is 0 Å². The summed E-state index contributed by atoms with van der Waals surface area (Å²) < 4.78 is 23.1. The molecule has 178 valence electrons. The summed E-state index contributed by atoms with van der Waals surface area (Å²) in [5.41, 5.74) is 0.935. The van der Waals surface area contributed by atoms with Gasteiger partial charge in [0, 0.05) is 5.92 Å². The molecule has 0 aliphatic carbocycles. The quantitative estimate of drug-likeness (QED) is 0.311. The van der Waals surface area contributed by atoms with Crippen molar-refractivity contribution in [3.63, 3.8) is 0 Å². The third-order valence-corrected chi connectivity index (χ3v) is 11.0. The Morgan fingerprint density at radius 1 is 1.19 bits per heavy atom. The third-order valence-electron chi connectivity index (χ3n) is 6.49. The van der Waals surface area contributed by atoms with Crippen molar-refractivity contribution in [1.82, 2.24) is 0 Å². The second-order valence-electron chi connectivity index (χ2n) is 9.84. The van der Waals surface area contributed by atoms with Crippen molar-refractivity contribution in [1.29, 1.82) is 0 Å². The zero-order valence-corrected chi connectivity index (χ0v) is 21.2. The lowest BCUT2D eigenvalue weighted by atomic mass is 9.79. The molecule has 1 aromatic carbocycles. The molecule has 0 saturated carbocycles. The van der Waals surface area contributed by atoms with Crippen molar-refractivity contribution >= 4 is 26.0 Å². The van der Waals surface area contributed by atoms with Crippen molar-refractivity contribution in [2.24, 2.45) is 11.8 Å². The average molecular weight is 465 g/mol. The van der Waals surface area contributed by atoms with E-state index in [4.69, 9.17) is 18.6 Å². The summed E-state index contributed by atoms with van der Waals surface area (Å²) in [6.45, 7) is 12.3. The Labute approximate surface area is 191 Å². The average Bonchev–Trinajstić information content (AvgIpc) is 2.71. The highest BCUT2D eigenvalue weighted by Gasteiger charge is 2.49. The summed E-state index contributed by atoms with van der Waals surface area (Å²) in [5.74, 6) is -3.32. The summed E-state index contributed by atoms with van der Waals surface area (Å²) in [5, 5.41) is -0.0284. The number of Topliss-reactive ketones (excluding diaryl/α,β-unsaturated/α-hetero) is 1. The van der Waals surface area contributed by atoms with Gasteiger partial charge in [-0.05, 0) is 30.6 Å². The molecule has 0 N–H and O–H groups in total. The Bertz CT molecular complexity index is 800. The fourth-order valence-corrected chi connectivity index (χ4v) is 4.59. The van der Waals surface area contributed by atoms with Gasteiger partial charge in [0.2, 0.25) is 0 Å². The van der Waals surface area contributed by atoms with E-state index in [1.54, 1.807) is 0 Å². The Hall–Kier alpha value is -2.03. The zero-order chi connectivity index (χ0) is 24.1. The van der Waals surface area contributed by atoms with E-state index in [0.717, 1.165) is 5.56 Å². The van der Waals surface area contributed by atoms with Crippen LogP contribution in [-0.2, 0) is 39.6 Å². The molecule has 0 spiro atoms. The second kappa shape index (κ2) is 10.7. The number of benzene rings is 1. The van der Waals surface area contributed by atoms with E-state index in [-0.39, 0.29) is 30.5 Å². The molecule has 0 aromatic heterocycles. The van der Waals surface area contributed by atoms with E-state index in [2.05, 4.69) is 33.9 Å². The minimum absolute atomic E-state index is 0.0284. The maximum atomic E-state index is 12.5. The van der Waals surface area contributed by atoms with Gasteiger partial charge in [0.05, 0.1) is 26.7 Å². The van der Waals surface area contributed by atoms with E-state index in [0.29, 0.717) is 0 Å². The van der Waals surface area contributed by atoms with Crippen LogP contribution >= 0.6 is 0 Å². The predicted molar refractivity (Wildman–Crippen MR) is 122 cm³/mol. The van der Waals surface area contributed by atoms with Crippen LogP contribution in [0, 0.1) is 11.8 Å². The molecule has 32 heavy (non-hydrogen) atoms. The van der Waals surface area contributed by atoms with Crippen LogP contribution in [0.15, 0.2) is 30.3 Å². The Morgan fingerprint density at radius 3 is 2.34 bits per heavy atom. The highest BCUT2D eigenvalue weighted by Crippen LogP contribution is 2.38. The van der Waals surface area contributed by atoms with Gasteiger partial charge >= 0.3 is 11.9 Å². The van der Waals surface area contributed by atoms with Gasteiger partial charge in [0.15, 0.2) is 14.4 Å². The Morgan fingerprint density at radius 2 is 1.81 bits per heavy atom. The van der Waals surface area contributed by atoms with Crippen LogP contribution in [0.5, 0.6) is 0 Å². The minimum Gasteiger partial charge on any atom is -0.468 e. The van der Waals surface area contributed by atoms with Crippen molar-refractivity contribution < 1.29 is 33.0 Å². The third kappa shape index (κ3) is 6.49. The maximum absolute atomic E-state index is 12.5. The zero-order valence-electron chi connectivity index (χ0n) is 20.2. The SMILES string of the molecule is COC(=O)[C@H](C(C)=O)[C@@H]1CC(=O)O[C@@H](CO[Si](C)(C)C(C)(C)C)[C@H]1OCc1ccccc1. The fraction of sp³-hybridized carbons (Fsp3) is 0.625. The van der Waals surface area contributed by atoms with Crippen LogP contribution in [0.3, 0.4) is 0 Å². The lowest BCUT2D eigenvalue weighted by Crippen LogP contribution is -2.54. The summed E-state index contributed by atoms with van der Waals surface area (Å²) in [4.78, 5) is 37.3. The van der Waals surface area contributed by atoms with E-state index in [9.17, 15) is 14.4 Å². The first-order chi connectivity index (χ1) is 14.9. The fourth-order valence-electron chi connectivity index (χ4n) is 3.58. The van der Waals surface area contributed by atoms with Gasteiger partial charge in [-0.25, -0.2) is 0 Å². The molecule has 0 bridgehead atoms. The number of hydrogen-bond acceptors (Lipinski definition) is 7. The lowest BCUT2D eigenvalue weighted by Gasteiger charge is -2.42. The van der Waals surface area contributed by atoms with Crippen molar-refractivity contribution in [2.75, 3.05) is 13.7 Å². The number of ketones is 1. The molecule has 0 amide bonds. The smallest absolute Gasteiger partial charge is 0.316 e. The second-order valence-corrected chi connectivity index (χ2v) is 14.6. The molecule has 0 radical (unpaired) electrons. The van der Waals surface area contributed by atoms with Gasteiger partial charge in [-0.1, -0.05) is 51.1 Å². The molecule has 7 nitrogen and oxygen atoms in total. The molecule has 1 fully saturated rings. The number of esters is 2. The molecule has 1 aliphatic heterocycles. The number of cyclic esters (lactones) is 1. The summed E-state index contributed by atoms with van der Waals surface area (Å²) in [6, 6.07) is 9.57. The van der Waals surface area contributed by atoms with Crippen LogP contribution in [0.4, 0.5) is 0 Å². The molecule has 1 aliphatic rings. The van der Waals surface area contributed by atoms with Gasteiger partial charge in [0.1, 0.15) is 17.8 Å². The minimum atomic E-state index is -2.13. The van der Waals surface area contributed by atoms with Crippen molar-refractivity contribution in [3.05, 3.63) is 35.9 Å². The molecular formula is C24H36O7Si. The van der Waals surface area contributed by atoms with Gasteiger partial charge in [0.25, 0.3) is 0 Å². The molecule has 0 unspecified atom stereocenters. The monoisotopic (exact) mass is 464 g/mol. The van der Waals surface area contributed by atoms with Crippen molar-refractivity contribution in [2.45, 2.75) is 71.1 Å². The summed E-state index contributed by atoms with van der Waals surface area (Å²) in [7, 11) is -0.899. The van der Waals surface area contributed by atoms with Crippen molar-refractivity contribution in [3.8, 4) is 0 Å². The van der Waals surface area contributed by atoms with Crippen LogP contribution < -0.4 is 0 Å². The van der Waals surface area contributed by atoms with Crippen LogP contribution in [0.25, 0.3) is 0 Å². The van der Waals surface area contributed by atoms with Crippen LogP contribution in [0.1, 0.15) is 39.7 Å². The summed E-state index contributed by atoms with van der Waals surface area (Å²) in [6.07, 6.45) is -1.52. The first-order valence-corrected chi connectivity index (χ1v) is 13.9. The molecule has 1 saturated heterocycles. The van der Waals surface area contributed by atoms with Crippen LogP contribution in [0.2, 0.25) is 18.1 Å². The standard InChI is InChI=1S/C24H36O7Si/c1-16(25)21(23(27)28-5)18-13-20(26)31-19(15-30-32(6,7)24(2,3)4)22(18)29-14-17-11-9-8-10-12-17/h8-12,18-19,21-22H,13-15H2,1-7H3/t18-,19-,21+,22-/m0/s1. The molecule has 1 heterocycles. The number of hydrogen-bond donors (Lipinski definition) is 0. The Balaban J connectivity index is 2.33. The first kappa shape index (κ1) is 26.2. The molecule has 2 rings (SSSR count). The normalized spacial score (nSPS) is 22.7. The Kier molecular flexibility index (Phi) is 8.79. The molecule has 1 aromatic rings. The van der Waals surface area contributed by atoms with E-state index in [1.807, 2.05) is 30.3 Å². The van der Waals surface area contributed by atoms with Gasteiger partial charge in [-0.2, -0.15) is 0 Å². The highest BCUT2D eigenvalue weighted by atomic mass is 28.4. The van der Waals surface area contributed by atoms with Gasteiger partial charge < -0.3 is 18.6 Å². The lowest BCUT2D eigenvalue weighted by molar-refractivity contribution is -0.190. The van der Waals surface area contributed by atoms with Gasteiger partial charge in [-0.3, -0.25) is 14.4 Å². The topological polar surface area (TPSA) is 88.1 Å². The summed E-state index contributed by atoms with van der Waals surface area (Å²) >= 11 is 0.